The van der Waals surface area contributed by atoms with E-state index in [1.807, 2.05) is 36.4 Å². The summed E-state index contributed by atoms with van der Waals surface area (Å²) in [5, 5.41) is 22.7. The quantitative estimate of drug-likeness (QED) is 0.172. The monoisotopic (exact) mass is 496 g/mol. The number of allylic oxidation sites excluding steroid dienone is 1. The van der Waals surface area contributed by atoms with E-state index < -0.39 is 18.3 Å². The highest BCUT2D eigenvalue weighted by atomic mass is 16.5. The van der Waals surface area contributed by atoms with Gasteiger partial charge in [0.1, 0.15) is 24.0 Å². The number of nitriles is 1. The molecule has 0 unspecified atom stereocenters. The molecule has 186 valence electrons. The number of aromatic nitrogens is 2. The second-order valence-corrected chi connectivity index (χ2v) is 8.05. The van der Waals surface area contributed by atoms with Crippen LogP contribution in [0.25, 0.3) is 16.6 Å². The lowest BCUT2D eigenvalue weighted by Crippen LogP contribution is -2.17. The molecule has 4 rings (SSSR count). The molecule has 0 fully saturated rings. The average Bonchev–Trinajstić information content (AvgIpc) is 3.35. The van der Waals surface area contributed by atoms with E-state index in [0.717, 1.165) is 11.3 Å². The lowest BCUT2D eigenvalue weighted by molar-refractivity contribution is -0.116. The number of ether oxygens (including phenoxy) is 2. The summed E-state index contributed by atoms with van der Waals surface area (Å²) in [6.45, 7) is -0.543. The normalized spacial score (nSPS) is 11.4. The number of aliphatic hydroxyl groups is 1. The van der Waals surface area contributed by atoms with Crippen LogP contribution in [0.5, 0.6) is 5.75 Å². The largest absolute Gasteiger partial charge is 0.507 e. The van der Waals surface area contributed by atoms with Gasteiger partial charge in [0.2, 0.25) is 5.91 Å². The number of carbonyl (C=O) groups is 2. The minimum atomic E-state index is -0.764. The molecule has 1 heterocycles. The molecule has 0 atom stereocenters. The number of aliphatic hydroxyl groups excluding tert-OH is 1. The van der Waals surface area contributed by atoms with E-state index in [-0.39, 0.29) is 35.0 Å². The van der Waals surface area contributed by atoms with Crippen LogP contribution in [0.1, 0.15) is 28.2 Å². The van der Waals surface area contributed by atoms with E-state index in [1.54, 1.807) is 43.5 Å². The summed E-state index contributed by atoms with van der Waals surface area (Å²) >= 11 is 0. The molecular formula is C28H24N4O5. The lowest BCUT2D eigenvalue weighted by Gasteiger charge is -2.11. The van der Waals surface area contributed by atoms with Crippen molar-refractivity contribution in [2.75, 3.05) is 19.0 Å². The second kappa shape index (κ2) is 11.6. The molecule has 4 aromatic rings. The number of fused-ring (bicyclic) bond motifs is 1. The predicted molar refractivity (Wildman–Crippen MR) is 138 cm³/mol. The minimum Gasteiger partial charge on any atom is -0.507 e. The second-order valence-electron chi connectivity index (χ2n) is 8.05. The smallest absolute Gasteiger partial charge is 0.340 e. The van der Waals surface area contributed by atoms with Crippen molar-refractivity contribution in [2.45, 2.75) is 12.8 Å². The van der Waals surface area contributed by atoms with Crippen LogP contribution in [-0.4, -0.2) is 40.7 Å². The van der Waals surface area contributed by atoms with Crippen LogP contribution in [0.4, 0.5) is 5.69 Å². The van der Waals surface area contributed by atoms with Crippen molar-refractivity contribution in [1.82, 2.24) is 9.97 Å². The van der Waals surface area contributed by atoms with Gasteiger partial charge in [0.05, 0.1) is 29.4 Å². The van der Waals surface area contributed by atoms with Crippen molar-refractivity contribution in [1.29, 1.82) is 5.26 Å². The third-order valence-electron chi connectivity index (χ3n) is 5.59. The first-order valence-electron chi connectivity index (χ1n) is 11.4. The van der Waals surface area contributed by atoms with Gasteiger partial charge in [0, 0.05) is 6.42 Å². The Labute approximate surface area is 213 Å². The highest BCUT2D eigenvalue weighted by Gasteiger charge is 2.18. The summed E-state index contributed by atoms with van der Waals surface area (Å²) in [6, 6.07) is 22.9. The van der Waals surface area contributed by atoms with Crippen molar-refractivity contribution in [3.05, 3.63) is 95.5 Å². The molecule has 3 aromatic carbocycles. The minimum absolute atomic E-state index is 0.121. The molecule has 9 nitrogen and oxygen atoms in total. The van der Waals surface area contributed by atoms with Gasteiger partial charge in [-0.15, -0.1) is 0 Å². The number of aryl methyl sites for hydroxylation is 1. The van der Waals surface area contributed by atoms with Gasteiger partial charge >= 0.3 is 5.97 Å². The summed E-state index contributed by atoms with van der Waals surface area (Å²) in [5.74, 6) is -0.575. The van der Waals surface area contributed by atoms with E-state index in [0.29, 0.717) is 17.5 Å². The van der Waals surface area contributed by atoms with Gasteiger partial charge in [-0.2, -0.15) is 5.26 Å². The molecule has 0 bridgehead atoms. The number of hydrogen-bond acceptors (Lipinski definition) is 7. The van der Waals surface area contributed by atoms with Gasteiger partial charge < -0.3 is 24.9 Å². The molecule has 3 N–H and O–H groups in total. The fourth-order valence-corrected chi connectivity index (χ4v) is 3.64. The Kier molecular flexibility index (Phi) is 7.81. The fourth-order valence-electron chi connectivity index (χ4n) is 3.64. The predicted octanol–water partition coefficient (Wildman–Crippen LogP) is 4.79. The zero-order valence-electron chi connectivity index (χ0n) is 20.0. The number of nitrogens with one attached hydrogen (secondary N) is 2. The SMILES string of the molecule is COc1ccc(CCC(=O)Nc2ccccc2C(=O)OCC(O)=C(C#N)c2nc3ccccc3[nH]2)cc1. The van der Waals surface area contributed by atoms with E-state index >= 15 is 0 Å². The maximum absolute atomic E-state index is 12.8. The molecule has 1 amide bonds. The summed E-state index contributed by atoms with van der Waals surface area (Å²) in [6.07, 6.45) is 0.724. The van der Waals surface area contributed by atoms with Gasteiger partial charge in [-0.25, -0.2) is 9.78 Å². The number of benzene rings is 3. The van der Waals surface area contributed by atoms with Crippen LogP contribution in [-0.2, 0) is 16.0 Å². The van der Waals surface area contributed by atoms with Crippen LogP contribution in [0.15, 0.2) is 78.6 Å². The van der Waals surface area contributed by atoms with E-state index in [1.165, 1.54) is 6.07 Å². The zero-order chi connectivity index (χ0) is 26.2. The van der Waals surface area contributed by atoms with Gasteiger partial charge in [-0.3, -0.25) is 4.79 Å². The maximum Gasteiger partial charge on any atom is 0.340 e. The number of imidazole rings is 1. The fraction of sp³-hybridized carbons (Fsp3) is 0.143. The van der Waals surface area contributed by atoms with Crippen LogP contribution in [0.2, 0.25) is 0 Å². The summed E-state index contributed by atoms with van der Waals surface area (Å²) in [5.41, 5.74) is 2.58. The zero-order valence-corrected chi connectivity index (χ0v) is 20.0. The molecule has 9 heteroatoms. The van der Waals surface area contributed by atoms with Crippen molar-refractivity contribution in [3.8, 4) is 11.8 Å². The maximum atomic E-state index is 12.8. The number of para-hydroxylation sites is 3. The summed E-state index contributed by atoms with van der Waals surface area (Å²) < 4.78 is 10.4. The molecule has 0 radical (unpaired) electrons. The number of carbonyl (C=O) groups excluding carboxylic acids is 2. The number of aromatic amines is 1. The molecular weight excluding hydrogens is 472 g/mol. The number of methoxy groups -OCH3 is 1. The highest BCUT2D eigenvalue weighted by Crippen LogP contribution is 2.21. The standard InChI is InChI=1S/C28H24N4O5/c1-36-19-13-10-18(11-14-19)12-15-26(34)30-22-7-3-2-6-20(22)28(35)37-17-25(33)21(16-29)27-31-23-8-4-5-9-24(23)32-27/h2-11,13-14,33H,12,15,17H2,1H3,(H,30,34)(H,31,32). The Morgan fingerprint density at radius 1 is 1.05 bits per heavy atom. The van der Waals surface area contributed by atoms with Gasteiger partial charge in [0.25, 0.3) is 0 Å². The van der Waals surface area contributed by atoms with Crippen LogP contribution < -0.4 is 10.1 Å². The first-order valence-corrected chi connectivity index (χ1v) is 11.4. The first kappa shape index (κ1) is 25.0. The van der Waals surface area contributed by atoms with Crippen molar-refractivity contribution >= 4 is 34.2 Å². The van der Waals surface area contributed by atoms with Crippen molar-refractivity contribution in [3.63, 3.8) is 0 Å². The lowest BCUT2D eigenvalue weighted by atomic mass is 10.1. The number of anilines is 1. The van der Waals surface area contributed by atoms with Crippen LogP contribution in [0, 0.1) is 11.3 Å². The first-order chi connectivity index (χ1) is 18.0. The molecule has 0 aliphatic carbocycles. The number of rotatable bonds is 9. The summed E-state index contributed by atoms with van der Waals surface area (Å²) in [7, 11) is 1.59. The highest BCUT2D eigenvalue weighted by molar-refractivity contribution is 6.01. The molecule has 0 saturated heterocycles. The topological polar surface area (TPSA) is 137 Å². The Balaban J connectivity index is 1.40. The molecule has 1 aromatic heterocycles. The molecule has 0 aliphatic heterocycles. The molecule has 0 aliphatic rings. The Bertz CT molecular complexity index is 1470. The number of hydrogen-bond donors (Lipinski definition) is 3. The van der Waals surface area contributed by atoms with Gasteiger partial charge in [-0.05, 0) is 48.4 Å². The van der Waals surface area contributed by atoms with Crippen molar-refractivity contribution < 1.29 is 24.2 Å². The van der Waals surface area contributed by atoms with E-state index in [4.69, 9.17) is 9.47 Å². The number of nitrogens with zero attached hydrogens (tertiary/aromatic N) is 2. The molecule has 0 saturated carbocycles. The third-order valence-corrected chi connectivity index (χ3v) is 5.59. The molecule has 37 heavy (non-hydrogen) atoms. The van der Waals surface area contributed by atoms with E-state index in [2.05, 4.69) is 15.3 Å². The summed E-state index contributed by atoms with van der Waals surface area (Å²) in [4.78, 5) is 32.5. The van der Waals surface area contributed by atoms with Crippen LogP contribution >= 0.6 is 0 Å². The van der Waals surface area contributed by atoms with Crippen molar-refractivity contribution in [2.24, 2.45) is 0 Å². The third kappa shape index (κ3) is 6.13. The number of amides is 1. The van der Waals surface area contributed by atoms with E-state index in [9.17, 15) is 20.0 Å². The Morgan fingerprint density at radius 2 is 1.78 bits per heavy atom. The average molecular weight is 497 g/mol. The number of H-pyrrole nitrogens is 1. The van der Waals surface area contributed by atoms with Crippen LogP contribution in [0.3, 0.4) is 0 Å². The number of esters is 1. The van der Waals surface area contributed by atoms with Gasteiger partial charge in [-0.1, -0.05) is 36.4 Å². The van der Waals surface area contributed by atoms with Gasteiger partial charge in [0.15, 0.2) is 11.6 Å². The Morgan fingerprint density at radius 3 is 2.51 bits per heavy atom. The Hall–Kier alpha value is -5.10. The molecule has 0 spiro atoms.